The molecule has 0 unspecified atom stereocenters. The molecule has 1 aliphatic heterocycles. The summed E-state index contributed by atoms with van der Waals surface area (Å²) in [5.41, 5.74) is 1.18. The first-order chi connectivity index (χ1) is 15.1. The Hall–Kier alpha value is -2.19. The van der Waals surface area contributed by atoms with Crippen LogP contribution in [0.15, 0.2) is 34.2 Å². The minimum absolute atomic E-state index is 0.134. The number of hydrogen-bond acceptors (Lipinski definition) is 7. The Morgan fingerprint density at radius 2 is 1.77 bits per heavy atom. The third-order valence-corrected chi connectivity index (χ3v) is 9.14. The number of nitrogens with zero attached hydrogens (tertiary/aromatic N) is 3. The topological polar surface area (TPSA) is 76.5 Å². The zero-order valence-corrected chi connectivity index (χ0v) is 19.0. The number of hydrogen-bond donors (Lipinski definition) is 1. The maximum absolute atomic E-state index is 12.4. The number of aliphatic imine (C=N–C) groups is 1. The summed E-state index contributed by atoms with van der Waals surface area (Å²) in [5.74, 6) is 3.28. The van der Waals surface area contributed by atoms with E-state index in [0.29, 0.717) is 15.2 Å². The highest BCUT2D eigenvalue weighted by atomic mass is 32.2. The van der Waals surface area contributed by atoms with Gasteiger partial charge in [0.05, 0.1) is 12.0 Å². The molecule has 0 spiro atoms. The Labute approximate surface area is 189 Å². The van der Waals surface area contributed by atoms with Crippen molar-refractivity contribution in [3.05, 3.63) is 39.7 Å². The van der Waals surface area contributed by atoms with E-state index in [1.807, 2.05) is 30.3 Å². The van der Waals surface area contributed by atoms with E-state index in [1.54, 1.807) is 18.4 Å². The van der Waals surface area contributed by atoms with Crippen molar-refractivity contribution in [3.8, 4) is 5.75 Å². The van der Waals surface area contributed by atoms with Gasteiger partial charge < -0.3 is 10.1 Å². The minimum Gasteiger partial charge on any atom is -0.497 e. The highest BCUT2D eigenvalue weighted by Crippen LogP contribution is 2.61. The molecule has 4 aliphatic carbocycles. The van der Waals surface area contributed by atoms with E-state index < -0.39 is 0 Å². The van der Waals surface area contributed by atoms with Crippen LogP contribution in [0.1, 0.15) is 49.1 Å². The zero-order chi connectivity index (χ0) is 21.0. The Morgan fingerprint density at radius 1 is 1.10 bits per heavy atom. The quantitative estimate of drug-likeness (QED) is 0.667. The van der Waals surface area contributed by atoms with Gasteiger partial charge in [0, 0.05) is 5.41 Å². The van der Waals surface area contributed by atoms with Crippen molar-refractivity contribution in [2.24, 2.45) is 22.7 Å². The monoisotopic (exact) mass is 452 g/mol. The van der Waals surface area contributed by atoms with Crippen molar-refractivity contribution in [2.75, 3.05) is 7.11 Å². The molecule has 2 aromatic rings. The lowest BCUT2D eigenvalue weighted by Crippen LogP contribution is -2.48. The van der Waals surface area contributed by atoms with Crippen LogP contribution in [0.4, 0.5) is 5.13 Å². The fraction of sp³-hybridized carbons (Fsp3) is 0.478. The van der Waals surface area contributed by atoms with Gasteiger partial charge in [0.25, 0.3) is 5.91 Å². The highest BCUT2D eigenvalue weighted by Gasteiger charge is 2.53. The van der Waals surface area contributed by atoms with E-state index in [-0.39, 0.29) is 11.3 Å². The number of nitrogens with one attached hydrogen (secondary N) is 1. The third kappa shape index (κ3) is 3.59. The number of carbonyl (C=O) groups excluding carboxylic acids is 1. The van der Waals surface area contributed by atoms with Crippen molar-refractivity contribution in [1.82, 2.24) is 15.5 Å². The molecule has 1 aromatic heterocycles. The fourth-order valence-corrected chi connectivity index (χ4v) is 8.09. The highest BCUT2D eigenvalue weighted by molar-refractivity contribution is 8.18. The van der Waals surface area contributed by atoms with Gasteiger partial charge in [-0.25, -0.2) is 0 Å². The summed E-state index contributed by atoms with van der Waals surface area (Å²) in [7, 11) is 1.64. The Balaban J connectivity index is 1.20. The first-order valence-corrected chi connectivity index (χ1v) is 12.5. The molecule has 1 saturated heterocycles. The molecule has 8 heteroatoms. The molecule has 1 aromatic carbocycles. The van der Waals surface area contributed by atoms with Crippen LogP contribution < -0.4 is 10.1 Å². The van der Waals surface area contributed by atoms with Gasteiger partial charge in [-0.15, -0.1) is 10.2 Å². The van der Waals surface area contributed by atoms with Crippen LogP contribution in [0.25, 0.3) is 6.08 Å². The lowest BCUT2D eigenvalue weighted by molar-refractivity contribution is -0.115. The van der Waals surface area contributed by atoms with Crippen molar-refractivity contribution >= 4 is 45.4 Å². The van der Waals surface area contributed by atoms with Crippen molar-refractivity contribution < 1.29 is 9.53 Å². The molecule has 0 radical (unpaired) electrons. The van der Waals surface area contributed by atoms with Gasteiger partial charge in [0.15, 0.2) is 5.17 Å². The van der Waals surface area contributed by atoms with Gasteiger partial charge in [0.1, 0.15) is 10.8 Å². The molecule has 1 amide bonds. The molecule has 160 valence electrons. The summed E-state index contributed by atoms with van der Waals surface area (Å²) in [6.07, 6.45) is 9.92. The fourth-order valence-electron chi connectivity index (χ4n) is 6.27. The van der Waals surface area contributed by atoms with Crippen LogP contribution in [0.5, 0.6) is 5.75 Å². The average molecular weight is 453 g/mol. The number of amides is 1. The van der Waals surface area contributed by atoms with Gasteiger partial charge in [-0.2, -0.15) is 4.99 Å². The lowest BCUT2D eigenvalue weighted by atomic mass is 9.50. The van der Waals surface area contributed by atoms with Crippen LogP contribution in [-0.4, -0.2) is 28.4 Å². The van der Waals surface area contributed by atoms with Crippen molar-refractivity contribution in [3.63, 3.8) is 0 Å². The standard InChI is InChI=1S/C23H24N4O2S2/c1-29-17-4-2-13(3-5-17)9-18-19(28)24-21(30-18)25-22-27-26-20(31-22)23-10-14-6-15(11-23)8-16(7-14)12-23/h2-5,9,14-16H,6-8,10-12H2,1H3,(H,24,25,27,28)/b18-9+. The molecule has 5 aliphatic rings. The second-order valence-corrected chi connectivity index (χ2v) is 11.3. The normalized spacial score (nSPS) is 34.0. The van der Waals surface area contributed by atoms with Crippen LogP contribution in [0, 0.1) is 17.8 Å². The predicted molar refractivity (Wildman–Crippen MR) is 124 cm³/mol. The van der Waals surface area contributed by atoms with E-state index in [4.69, 9.17) is 4.74 Å². The molecule has 4 saturated carbocycles. The summed E-state index contributed by atoms with van der Waals surface area (Å²) < 4.78 is 5.19. The number of carbonyl (C=O) groups is 1. The summed E-state index contributed by atoms with van der Waals surface area (Å²) >= 11 is 2.96. The maximum atomic E-state index is 12.4. The Morgan fingerprint density at radius 3 is 2.42 bits per heavy atom. The molecule has 31 heavy (non-hydrogen) atoms. The van der Waals surface area contributed by atoms with Crippen molar-refractivity contribution in [1.29, 1.82) is 0 Å². The number of rotatable bonds is 4. The molecule has 0 atom stereocenters. The third-order valence-electron chi connectivity index (χ3n) is 7.17. The van der Waals surface area contributed by atoms with Gasteiger partial charge in [-0.3, -0.25) is 4.79 Å². The van der Waals surface area contributed by atoms with Crippen LogP contribution in [0.2, 0.25) is 0 Å². The number of benzene rings is 1. The number of aromatic nitrogens is 2. The van der Waals surface area contributed by atoms with Crippen LogP contribution in [0.3, 0.4) is 0 Å². The molecule has 6 nitrogen and oxygen atoms in total. The summed E-state index contributed by atoms with van der Waals surface area (Å²) in [6.45, 7) is 0. The molecule has 7 rings (SSSR count). The van der Waals surface area contributed by atoms with E-state index in [2.05, 4.69) is 20.5 Å². The molecular weight excluding hydrogens is 428 g/mol. The first kappa shape index (κ1) is 19.5. The molecular formula is C23H24N4O2S2. The van der Waals surface area contributed by atoms with E-state index >= 15 is 0 Å². The van der Waals surface area contributed by atoms with E-state index in [0.717, 1.165) is 34.1 Å². The van der Waals surface area contributed by atoms with Gasteiger partial charge in [-0.1, -0.05) is 23.5 Å². The second-order valence-electron chi connectivity index (χ2n) is 9.34. The molecule has 4 bridgehead atoms. The van der Waals surface area contributed by atoms with Gasteiger partial charge in [0.2, 0.25) is 5.13 Å². The molecule has 2 heterocycles. The van der Waals surface area contributed by atoms with E-state index in [9.17, 15) is 4.79 Å². The Kier molecular flexibility index (Phi) is 4.68. The molecule has 5 fully saturated rings. The van der Waals surface area contributed by atoms with Gasteiger partial charge >= 0.3 is 0 Å². The SMILES string of the molecule is COc1ccc(/C=C2/S/C(=N/c3nnc(C45CC6CC(CC(C6)C4)C5)s3)NC2=O)cc1. The van der Waals surface area contributed by atoms with Crippen molar-refractivity contribution in [2.45, 2.75) is 43.9 Å². The second kappa shape index (κ2) is 7.45. The maximum Gasteiger partial charge on any atom is 0.264 e. The summed E-state index contributed by atoms with van der Waals surface area (Å²) in [5, 5.41) is 14.2. The van der Waals surface area contributed by atoms with Gasteiger partial charge in [-0.05, 0) is 91.8 Å². The van der Waals surface area contributed by atoms with E-state index in [1.165, 1.54) is 50.3 Å². The number of amidine groups is 1. The lowest BCUT2D eigenvalue weighted by Gasteiger charge is -2.55. The number of ether oxygens (including phenoxy) is 1. The first-order valence-electron chi connectivity index (χ1n) is 10.9. The molecule has 1 N–H and O–H groups in total. The largest absolute Gasteiger partial charge is 0.497 e. The summed E-state index contributed by atoms with van der Waals surface area (Å²) in [6, 6.07) is 7.62. The van der Waals surface area contributed by atoms with Crippen LogP contribution >= 0.6 is 23.1 Å². The number of methoxy groups -OCH3 is 1. The minimum atomic E-state index is -0.134. The summed E-state index contributed by atoms with van der Waals surface area (Å²) in [4.78, 5) is 17.6. The number of thioether (sulfide) groups is 1. The Bertz CT molecular complexity index is 1050. The average Bonchev–Trinajstić information content (AvgIpc) is 3.35. The smallest absolute Gasteiger partial charge is 0.264 e. The predicted octanol–water partition coefficient (Wildman–Crippen LogP) is 4.91. The zero-order valence-electron chi connectivity index (χ0n) is 17.3. The van der Waals surface area contributed by atoms with Crippen LogP contribution in [-0.2, 0) is 10.2 Å².